The Morgan fingerprint density at radius 3 is 2.60 bits per heavy atom. The zero-order valence-electron chi connectivity index (χ0n) is 11.8. The third-order valence-electron chi connectivity index (χ3n) is 4.28. The largest absolute Gasteiger partial charge is 0.481 e. The second-order valence-corrected chi connectivity index (χ2v) is 5.71. The van der Waals surface area contributed by atoms with E-state index in [1.54, 1.807) is 12.1 Å². The summed E-state index contributed by atoms with van der Waals surface area (Å²) in [6.45, 7) is 2.78. The van der Waals surface area contributed by atoms with Crippen LogP contribution in [0.1, 0.15) is 44.2 Å². The van der Waals surface area contributed by atoms with E-state index in [1.807, 2.05) is 13.0 Å². The van der Waals surface area contributed by atoms with Crippen molar-refractivity contribution in [3.63, 3.8) is 0 Å². The highest BCUT2D eigenvalue weighted by molar-refractivity contribution is 5.69. The van der Waals surface area contributed by atoms with E-state index in [-0.39, 0.29) is 17.8 Å². The van der Waals surface area contributed by atoms with E-state index < -0.39 is 5.97 Å². The highest BCUT2D eigenvalue weighted by Crippen LogP contribution is 2.29. The Morgan fingerprint density at radius 1 is 1.35 bits per heavy atom. The van der Waals surface area contributed by atoms with Gasteiger partial charge in [0.05, 0.1) is 5.92 Å². The summed E-state index contributed by atoms with van der Waals surface area (Å²) >= 11 is 0. The minimum absolute atomic E-state index is 0.0200. The van der Waals surface area contributed by atoms with Crippen molar-refractivity contribution in [2.45, 2.75) is 38.6 Å². The molecule has 1 aromatic carbocycles. The molecule has 4 heteroatoms. The maximum atomic E-state index is 13.6. The monoisotopic (exact) mass is 279 g/mol. The second kappa shape index (κ2) is 6.84. The zero-order valence-corrected chi connectivity index (χ0v) is 11.8. The molecule has 0 heterocycles. The first-order chi connectivity index (χ1) is 9.58. The molecule has 0 aliphatic heterocycles. The standard InChI is InChI=1S/C16H22FNO2/c1-11(14-4-2-3-5-15(14)17)18-10-12-6-8-13(9-7-12)16(19)20/h2-5,11-13,18H,6-10H2,1H3,(H,19,20). The summed E-state index contributed by atoms with van der Waals surface area (Å²) in [6, 6.07) is 6.79. The molecule has 2 rings (SSSR count). The van der Waals surface area contributed by atoms with Gasteiger partial charge in [-0.25, -0.2) is 4.39 Å². The summed E-state index contributed by atoms with van der Waals surface area (Å²) in [5, 5.41) is 12.3. The van der Waals surface area contributed by atoms with Crippen LogP contribution in [0.3, 0.4) is 0 Å². The fraction of sp³-hybridized carbons (Fsp3) is 0.562. The number of carboxylic acids is 1. The second-order valence-electron chi connectivity index (χ2n) is 5.71. The lowest BCUT2D eigenvalue weighted by molar-refractivity contribution is -0.143. The van der Waals surface area contributed by atoms with Gasteiger partial charge in [-0.15, -0.1) is 0 Å². The fourth-order valence-electron chi connectivity index (χ4n) is 2.89. The first kappa shape index (κ1) is 15.0. The average molecular weight is 279 g/mol. The summed E-state index contributed by atoms with van der Waals surface area (Å²) in [5.74, 6) is -0.520. The SMILES string of the molecule is CC(NCC1CCC(C(=O)O)CC1)c1ccccc1F. The average Bonchev–Trinajstić information content (AvgIpc) is 2.45. The van der Waals surface area contributed by atoms with Crippen LogP contribution >= 0.6 is 0 Å². The first-order valence-corrected chi connectivity index (χ1v) is 7.28. The van der Waals surface area contributed by atoms with Gasteiger partial charge >= 0.3 is 5.97 Å². The summed E-state index contributed by atoms with van der Waals surface area (Å²) in [5.41, 5.74) is 0.687. The van der Waals surface area contributed by atoms with Crippen molar-refractivity contribution in [1.29, 1.82) is 0 Å². The summed E-state index contributed by atoms with van der Waals surface area (Å²) in [6.07, 6.45) is 3.40. The zero-order chi connectivity index (χ0) is 14.5. The molecule has 0 aromatic heterocycles. The third-order valence-corrected chi connectivity index (χ3v) is 4.28. The number of rotatable bonds is 5. The molecule has 0 saturated heterocycles. The van der Waals surface area contributed by atoms with Crippen LogP contribution in [0.4, 0.5) is 4.39 Å². The number of nitrogens with one attached hydrogen (secondary N) is 1. The summed E-state index contributed by atoms with van der Waals surface area (Å²) in [7, 11) is 0. The Morgan fingerprint density at radius 2 is 2.00 bits per heavy atom. The van der Waals surface area contributed by atoms with Crippen LogP contribution in [0.2, 0.25) is 0 Å². The van der Waals surface area contributed by atoms with Gasteiger partial charge < -0.3 is 10.4 Å². The number of hydrogen-bond donors (Lipinski definition) is 2. The van der Waals surface area contributed by atoms with E-state index in [1.165, 1.54) is 6.07 Å². The quantitative estimate of drug-likeness (QED) is 0.869. The van der Waals surface area contributed by atoms with Crippen molar-refractivity contribution in [1.82, 2.24) is 5.32 Å². The van der Waals surface area contributed by atoms with Crippen molar-refractivity contribution >= 4 is 5.97 Å². The molecule has 3 nitrogen and oxygen atoms in total. The van der Waals surface area contributed by atoms with Gasteiger partial charge in [0.2, 0.25) is 0 Å². The van der Waals surface area contributed by atoms with E-state index in [2.05, 4.69) is 5.32 Å². The van der Waals surface area contributed by atoms with E-state index in [9.17, 15) is 9.18 Å². The third kappa shape index (κ3) is 3.79. The first-order valence-electron chi connectivity index (χ1n) is 7.28. The number of halogens is 1. The van der Waals surface area contributed by atoms with Crippen LogP contribution in [0.25, 0.3) is 0 Å². The number of hydrogen-bond acceptors (Lipinski definition) is 2. The maximum absolute atomic E-state index is 13.6. The van der Waals surface area contributed by atoms with Crippen molar-refractivity contribution in [2.75, 3.05) is 6.54 Å². The molecule has 110 valence electrons. The lowest BCUT2D eigenvalue weighted by Crippen LogP contribution is -2.30. The summed E-state index contributed by atoms with van der Waals surface area (Å²) < 4.78 is 13.6. The van der Waals surface area contributed by atoms with Gasteiger partial charge in [0.1, 0.15) is 5.82 Å². The molecule has 1 aromatic rings. The molecular weight excluding hydrogens is 257 g/mol. The van der Waals surface area contributed by atoms with E-state index >= 15 is 0 Å². The van der Waals surface area contributed by atoms with E-state index in [0.717, 1.165) is 32.2 Å². The predicted octanol–water partition coefficient (Wildman–Crippen LogP) is 3.37. The normalized spacial score (nSPS) is 24.3. The van der Waals surface area contributed by atoms with E-state index in [0.29, 0.717) is 11.5 Å². The molecule has 0 radical (unpaired) electrons. The van der Waals surface area contributed by atoms with Crippen LogP contribution in [0, 0.1) is 17.7 Å². The lowest BCUT2D eigenvalue weighted by atomic mass is 9.82. The fourth-order valence-corrected chi connectivity index (χ4v) is 2.89. The van der Waals surface area contributed by atoms with Gasteiger partial charge in [-0.1, -0.05) is 18.2 Å². The minimum Gasteiger partial charge on any atom is -0.481 e. The molecular formula is C16H22FNO2. The van der Waals surface area contributed by atoms with Crippen LogP contribution in [0.5, 0.6) is 0 Å². The van der Waals surface area contributed by atoms with Crippen LogP contribution in [-0.4, -0.2) is 17.6 Å². The summed E-state index contributed by atoms with van der Waals surface area (Å²) in [4.78, 5) is 10.9. The van der Waals surface area contributed by atoms with Gasteiger partial charge in [-0.3, -0.25) is 4.79 Å². The Hall–Kier alpha value is -1.42. The number of carboxylic acid groups (broad SMARTS) is 1. The number of aliphatic carboxylic acids is 1. The molecule has 1 saturated carbocycles. The van der Waals surface area contributed by atoms with Crippen molar-refractivity contribution < 1.29 is 14.3 Å². The van der Waals surface area contributed by atoms with Crippen molar-refractivity contribution in [3.05, 3.63) is 35.6 Å². The minimum atomic E-state index is -0.670. The molecule has 0 bridgehead atoms. The Bertz CT molecular complexity index is 456. The molecule has 1 atom stereocenters. The number of benzene rings is 1. The van der Waals surface area contributed by atoms with Crippen molar-refractivity contribution in [3.8, 4) is 0 Å². The van der Waals surface area contributed by atoms with Crippen LogP contribution in [-0.2, 0) is 4.79 Å². The Labute approximate surface area is 119 Å². The molecule has 1 unspecified atom stereocenters. The highest BCUT2D eigenvalue weighted by Gasteiger charge is 2.26. The lowest BCUT2D eigenvalue weighted by Gasteiger charge is -2.27. The molecule has 1 fully saturated rings. The van der Waals surface area contributed by atoms with Gasteiger partial charge in [0, 0.05) is 11.6 Å². The van der Waals surface area contributed by atoms with Gasteiger partial charge in [0.25, 0.3) is 0 Å². The molecule has 1 aliphatic carbocycles. The van der Waals surface area contributed by atoms with E-state index in [4.69, 9.17) is 5.11 Å². The number of carbonyl (C=O) groups is 1. The topological polar surface area (TPSA) is 49.3 Å². The van der Waals surface area contributed by atoms with Gasteiger partial charge in [-0.05, 0) is 51.1 Å². The van der Waals surface area contributed by atoms with Crippen LogP contribution in [0.15, 0.2) is 24.3 Å². The Kier molecular flexibility index (Phi) is 5.12. The molecule has 1 aliphatic rings. The molecule has 0 amide bonds. The smallest absolute Gasteiger partial charge is 0.306 e. The van der Waals surface area contributed by atoms with Crippen LogP contribution < -0.4 is 5.32 Å². The maximum Gasteiger partial charge on any atom is 0.306 e. The molecule has 2 N–H and O–H groups in total. The highest BCUT2D eigenvalue weighted by atomic mass is 19.1. The molecule has 20 heavy (non-hydrogen) atoms. The Balaban J connectivity index is 1.79. The van der Waals surface area contributed by atoms with Crippen molar-refractivity contribution in [2.24, 2.45) is 11.8 Å². The van der Waals surface area contributed by atoms with Gasteiger partial charge in [-0.2, -0.15) is 0 Å². The predicted molar refractivity (Wildman–Crippen MR) is 75.9 cm³/mol. The van der Waals surface area contributed by atoms with Gasteiger partial charge in [0.15, 0.2) is 0 Å². The molecule has 0 spiro atoms.